The smallest absolute Gasteiger partial charge is 0.357 e. The number of aliphatic imine (C=N–C) groups is 1. The van der Waals surface area contributed by atoms with Gasteiger partial charge in [-0.25, -0.2) is 9.67 Å². The van der Waals surface area contributed by atoms with Crippen molar-refractivity contribution < 1.29 is 18.0 Å². The third kappa shape index (κ3) is 6.49. The van der Waals surface area contributed by atoms with Crippen LogP contribution < -0.4 is 10.2 Å². The molecule has 1 aromatic heterocycles. The van der Waals surface area contributed by atoms with E-state index in [0.29, 0.717) is 29.0 Å². The maximum Gasteiger partial charge on any atom is 0.416 e. The van der Waals surface area contributed by atoms with Crippen LogP contribution in [-0.2, 0) is 17.5 Å². The summed E-state index contributed by atoms with van der Waals surface area (Å²) in [6.45, 7) is 4.59. The molecule has 5 rings (SSSR count). The second-order valence-electron chi connectivity index (χ2n) is 9.54. The molecule has 0 unspecified atom stereocenters. The maximum atomic E-state index is 12.8. The van der Waals surface area contributed by atoms with E-state index in [1.54, 1.807) is 4.90 Å². The summed E-state index contributed by atoms with van der Waals surface area (Å²) >= 11 is 6.82. The number of hydrogen-bond donors (Lipinski definition) is 1. The van der Waals surface area contributed by atoms with Gasteiger partial charge in [0.1, 0.15) is 6.33 Å². The monoisotopic (exact) mass is 594 g/mol. The first kappa shape index (κ1) is 28.5. The normalized spacial score (nSPS) is 14.7. The van der Waals surface area contributed by atoms with Gasteiger partial charge in [-0.2, -0.15) is 18.2 Å². The third-order valence-corrected chi connectivity index (χ3v) is 7.53. The highest BCUT2D eigenvalue weighted by Gasteiger charge is 2.32. The number of benzene rings is 3. The van der Waals surface area contributed by atoms with Gasteiger partial charge in [-0.3, -0.25) is 9.69 Å². The van der Waals surface area contributed by atoms with Crippen LogP contribution in [0.3, 0.4) is 0 Å². The van der Waals surface area contributed by atoms with Gasteiger partial charge in [0, 0.05) is 12.1 Å². The minimum Gasteiger partial charge on any atom is -0.357 e. The lowest BCUT2D eigenvalue weighted by molar-refractivity contribution is -0.137. The van der Waals surface area contributed by atoms with Crippen molar-refractivity contribution in [3.63, 3.8) is 0 Å². The number of amidine groups is 1. The number of para-hydroxylation sites is 1. The Bertz CT molecular complexity index is 1600. The summed E-state index contributed by atoms with van der Waals surface area (Å²) in [5.74, 6) is 0.955. The second kappa shape index (κ2) is 11.8. The highest BCUT2D eigenvalue weighted by atomic mass is 32.2. The fourth-order valence-corrected chi connectivity index (χ4v) is 5.34. The standard InChI is InChI=1S/C29H25F3N6OS2/c1-18(2)23-5-3-4-6-24(23)38-25(39)16-41-28(38)35-27(40)33-15-19-7-9-20(10-8-19)26-34-17-37(36-26)22-13-11-21(12-14-22)29(30,31)32/h3-14,17-18H,15-16H2,1-2H3,(H,33,40)/b35-28-. The number of aromatic nitrogens is 3. The topological polar surface area (TPSA) is 75.4 Å². The van der Waals surface area contributed by atoms with Gasteiger partial charge in [0.25, 0.3) is 0 Å². The lowest BCUT2D eigenvalue weighted by atomic mass is 10.0. The molecular formula is C29H25F3N6OS2. The van der Waals surface area contributed by atoms with Crippen LogP contribution in [0.25, 0.3) is 17.1 Å². The zero-order valence-corrected chi connectivity index (χ0v) is 23.7. The Hall–Kier alpha value is -4.03. The molecule has 1 N–H and O–H groups in total. The molecule has 210 valence electrons. The van der Waals surface area contributed by atoms with Gasteiger partial charge in [0.2, 0.25) is 5.91 Å². The van der Waals surface area contributed by atoms with E-state index in [4.69, 9.17) is 12.2 Å². The summed E-state index contributed by atoms with van der Waals surface area (Å²) in [6.07, 6.45) is -2.94. The first-order chi connectivity index (χ1) is 19.6. The molecule has 2 heterocycles. The van der Waals surface area contributed by atoms with Gasteiger partial charge < -0.3 is 5.32 Å². The van der Waals surface area contributed by atoms with Gasteiger partial charge in [-0.15, -0.1) is 5.10 Å². The Kier molecular flexibility index (Phi) is 8.22. The summed E-state index contributed by atoms with van der Waals surface area (Å²) in [6, 6.07) is 20.0. The van der Waals surface area contributed by atoms with Gasteiger partial charge in [0.15, 0.2) is 16.1 Å². The number of nitrogens with zero attached hydrogens (tertiary/aromatic N) is 5. The SMILES string of the molecule is CC(C)c1ccccc1N1C(=O)CS/C1=N\C(=S)NCc1ccc(-c2ncn(-c3ccc(C(F)(F)F)cc3)n2)cc1. The molecule has 1 amide bonds. The lowest BCUT2D eigenvalue weighted by Gasteiger charge is -2.21. The van der Waals surface area contributed by atoms with Gasteiger partial charge >= 0.3 is 6.18 Å². The molecule has 0 bridgehead atoms. The average Bonchev–Trinajstić information content (AvgIpc) is 3.59. The number of carbonyl (C=O) groups is 1. The highest BCUT2D eigenvalue weighted by molar-refractivity contribution is 8.15. The number of amides is 1. The Balaban J connectivity index is 1.22. The highest BCUT2D eigenvalue weighted by Crippen LogP contribution is 2.33. The summed E-state index contributed by atoms with van der Waals surface area (Å²) in [7, 11) is 0. The molecule has 4 aromatic rings. The summed E-state index contributed by atoms with van der Waals surface area (Å²) < 4.78 is 39.9. The van der Waals surface area contributed by atoms with Gasteiger partial charge in [-0.1, -0.05) is 68.1 Å². The number of thioether (sulfide) groups is 1. The van der Waals surface area contributed by atoms with E-state index in [0.717, 1.165) is 34.5 Å². The van der Waals surface area contributed by atoms with Gasteiger partial charge in [-0.05, 0) is 59.6 Å². The van der Waals surface area contributed by atoms with Crippen molar-refractivity contribution in [1.82, 2.24) is 20.1 Å². The predicted octanol–water partition coefficient (Wildman–Crippen LogP) is 6.59. The van der Waals surface area contributed by atoms with E-state index in [1.807, 2.05) is 48.5 Å². The molecular weight excluding hydrogens is 569 g/mol. The number of halogens is 3. The van der Waals surface area contributed by atoms with Crippen molar-refractivity contribution in [1.29, 1.82) is 0 Å². The van der Waals surface area contributed by atoms with Crippen LogP contribution in [0.4, 0.5) is 18.9 Å². The first-order valence-corrected chi connectivity index (χ1v) is 14.1. The quantitative estimate of drug-likeness (QED) is 0.254. The molecule has 1 saturated heterocycles. The number of anilines is 1. The number of alkyl halides is 3. The molecule has 0 saturated carbocycles. The van der Waals surface area contributed by atoms with Crippen LogP contribution in [0.2, 0.25) is 0 Å². The molecule has 41 heavy (non-hydrogen) atoms. The van der Waals surface area contributed by atoms with Crippen LogP contribution in [0.1, 0.15) is 36.5 Å². The lowest BCUT2D eigenvalue weighted by Crippen LogP contribution is -2.32. The maximum absolute atomic E-state index is 12.8. The number of carbonyl (C=O) groups excluding carboxylic acids is 1. The molecule has 0 spiro atoms. The van der Waals surface area contributed by atoms with Gasteiger partial charge in [0.05, 0.1) is 22.7 Å². The Morgan fingerprint density at radius 2 is 1.78 bits per heavy atom. The van der Waals surface area contributed by atoms with E-state index >= 15 is 0 Å². The molecule has 12 heteroatoms. The molecule has 0 atom stereocenters. The molecule has 1 aliphatic heterocycles. The summed E-state index contributed by atoms with van der Waals surface area (Å²) in [5, 5.41) is 8.34. The fourth-order valence-electron chi connectivity index (χ4n) is 4.26. The Labute approximate surface area is 244 Å². The van der Waals surface area contributed by atoms with Crippen LogP contribution >= 0.6 is 24.0 Å². The Morgan fingerprint density at radius 1 is 1.07 bits per heavy atom. The first-order valence-electron chi connectivity index (χ1n) is 12.7. The molecule has 1 fully saturated rings. The molecule has 1 aliphatic rings. The van der Waals surface area contributed by atoms with Crippen molar-refractivity contribution >= 4 is 45.9 Å². The van der Waals surface area contributed by atoms with Crippen LogP contribution in [0.5, 0.6) is 0 Å². The number of rotatable bonds is 6. The molecule has 3 aromatic carbocycles. The summed E-state index contributed by atoms with van der Waals surface area (Å²) in [5.41, 5.74) is 3.33. The Morgan fingerprint density at radius 3 is 2.46 bits per heavy atom. The van der Waals surface area contributed by atoms with Crippen molar-refractivity contribution in [3.8, 4) is 17.1 Å². The van der Waals surface area contributed by atoms with Crippen molar-refractivity contribution in [2.45, 2.75) is 32.5 Å². The van der Waals surface area contributed by atoms with Crippen LogP contribution in [0, 0.1) is 0 Å². The van der Waals surface area contributed by atoms with E-state index in [2.05, 4.69) is 34.2 Å². The minimum atomic E-state index is -4.39. The van der Waals surface area contributed by atoms with E-state index in [9.17, 15) is 18.0 Å². The predicted molar refractivity (Wildman–Crippen MR) is 159 cm³/mol. The van der Waals surface area contributed by atoms with Crippen molar-refractivity contribution in [2.75, 3.05) is 10.7 Å². The third-order valence-electron chi connectivity index (χ3n) is 6.37. The molecule has 0 aliphatic carbocycles. The zero-order valence-electron chi connectivity index (χ0n) is 22.1. The van der Waals surface area contributed by atoms with Crippen molar-refractivity contribution in [2.24, 2.45) is 4.99 Å². The zero-order chi connectivity index (χ0) is 29.1. The van der Waals surface area contributed by atoms with E-state index in [1.165, 1.54) is 34.9 Å². The summed E-state index contributed by atoms with van der Waals surface area (Å²) in [4.78, 5) is 23.2. The van der Waals surface area contributed by atoms with E-state index < -0.39 is 11.7 Å². The number of nitrogens with one attached hydrogen (secondary N) is 1. The second-order valence-corrected chi connectivity index (χ2v) is 10.9. The number of thiocarbonyl (C=S) groups is 1. The molecule has 7 nitrogen and oxygen atoms in total. The average molecular weight is 595 g/mol. The van der Waals surface area contributed by atoms with Crippen LogP contribution in [0.15, 0.2) is 84.1 Å². The molecule has 0 radical (unpaired) electrons. The number of hydrogen-bond acceptors (Lipinski definition) is 5. The van der Waals surface area contributed by atoms with Crippen LogP contribution in [-0.4, -0.2) is 36.7 Å². The largest absolute Gasteiger partial charge is 0.416 e. The minimum absolute atomic E-state index is 0.0328. The van der Waals surface area contributed by atoms with Crippen molar-refractivity contribution in [3.05, 3.63) is 95.8 Å². The van der Waals surface area contributed by atoms with E-state index in [-0.39, 0.29) is 16.9 Å². The fraction of sp³-hybridized carbons (Fsp3) is 0.207.